The first kappa shape index (κ1) is 24.4. The van der Waals surface area contributed by atoms with E-state index in [1.807, 2.05) is 67.6 Å². The van der Waals surface area contributed by atoms with Gasteiger partial charge in [-0.25, -0.2) is 0 Å². The van der Waals surface area contributed by atoms with Gasteiger partial charge in [0.25, 0.3) is 0 Å². The first-order chi connectivity index (χ1) is 15.4. The Morgan fingerprint density at radius 1 is 1.00 bits per heavy atom. The minimum absolute atomic E-state index is 0.0107. The molecule has 3 rings (SSSR count). The topological polar surface area (TPSA) is 41.1 Å². The number of aryl methyl sites for hydroxylation is 1. The summed E-state index contributed by atoms with van der Waals surface area (Å²) >= 11 is 15.8. The summed E-state index contributed by atoms with van der Waals surface area (Å²) < 4.78 is 0.892. The summed E-state index contributed by atoms with van der Waals surface area (Å²) in [6, 6.07) is 19.5. The average Bonchev–Trinajstić information content (AvgIpc) is 2.76. The Labute approximate surface area is 208 Å². The monoisotopic (exact) mass is 528 g/mol. The van der Waals surface area contributed by atoms with Gasteiger partial charge in [0.1, 0.15) is 0 Å². The van der Waals surface area contributed by atoms with E-state index in [0.717, 1.165) is 62.4 Å². The van der Waals surface area contributed by atoms with Gasteiger partial charge in [-0.1, -0.05) is 83.8 Å². The van der Waals surface area contributed by atoms with Gasteiger partial charge in [-0.2, -0.15) is 0 Å². The van der Waals surface area contributed by atoms with E-state index in [9.17, 15) is 4.79 Å². The largest absolute Gasteiger partial charge is 0.354 e. The van der Waals surface area contributed by atoms with E-state index in [4.69, 9.17) is 23.8 Å². The molecule has 3 nitrogen and oxygen atoms in total. The van der Waals surface area contributed by atoms with Crippen molar-refractivity contribution in [2.24, 2.45) is 0 Å². The molecule has 6 heteroatoms. The third-order valence-electron chi connectivity index (χ3n) is 5.15. The summed E-state index contributed by atoms with van der Waals surface area (Å²) in [6.45, 7) is 4.16. The van der Waals surface area contributed by atoms with Crippen molar-refractivity contribution in [3.05, 3.63) is 86.8 Å². The van der Waals surface area contributed by atoms with E-state index >= 15 is 0 Å². The van der Waals surface area contributed by atoms with Crippen LogP contribution in [0.15, 0.2) is 65.1 Å². The van der Waals surface area contributed by atoms with Crippen molar-refractivity contribution in [2.75, 3.05) is 10.6 Å². The predicted molar refractivity (Wildman–Crippen MR) is 144 cm³/mol. The van der Waals surface area contributed by atoms with E-state index in [1.54, 1.807) is 0 Å². The minimum atomic E-state index is 0.0107. The van der Waals surface area contributed by atoms with Crippen LogP contribution in [0.5, 0.6) is 0 Å². The Hall–Kier alpha value is -2.21. The molecule has 0 atom stereocenters. The van der Waals surface area contributed by atoms with Gasteiger partial charge in [-0.3, -0.25) is 4.79 Å². The molecule has 1 amide bonds. The highest BCUT2D eigenvalue weighted by molar-refractivity contribution is 9.10. The number of nitrogens with one attached hydrogen (secondary N) is 2. The lowest BCUT2D eigenvalue weighted by Gasteiger charge is -2.15. The fourth-order valence-corrected chi connectivity index (χ4v) is 4.48. The van der Waals surface area contributed by atoms with Gasteiger partial charge in [-0.15, -0.1) is 0 Å². The molecule has 0 aliphatic heterocycles. The molecule has 0 aromatic heterocycles. The molecule has 2 N–H and O–H groups in total. The first-order valence-electron chi connectivity index (χ1n) is 10.7. The van der Waals surface area contributed by atoms with E-state index in [0.29, 0.717) is 11.4 Å². The van der Waals surface area contributed by atoms with Crippen molar-refractivity contribution in [2.45, 2.75) is 39.5 Å². The van der Waals surface area contributed by atoms with Crippen molar-refractivity contribution in [1.82, 2.24) is 0 Å². The summed E-state index contributed by atoms with van der Waals surface area (Å²) in [5.41, 5.74) is 5.27. The van der Waals surface area contributed by atoms with Crippen molar-refractivity contribution in [3.8, 4) is 0 Å². The van der Waals surface area contributed by atoms with Gasteiger partial charge in [0.05, 0.1) is 21.3 Å². The van der Waals surface area contributed by atoms with E-state index < -0.39 is 0 Å². The van der Waals surface area contributed by atoms with Crippen LogP contribution in [-0.4, -0.2) is 10.8 Å². The summed E-state index contributed by atoms with van der Waals surface area (Å²) in [5.74, 6) is 0.0107. The number of benzene rings is 3. The summed E-state index contributed by atoms with van der Waals surface area (Å²) in [7, 11) is 0. The molecule has 0 aliphatic carbocycles. The van der Waals surface area contributed by atoms with E-state index in [2.05, 4.69) is 33.5 Å². The molecule has 32 heavy (non-hydrogen) atoms. The van der Waals surface area contributed by atoms with Crippen LogP contribution in [0.2, 0.25) is 5.02 Å². The molecule has 166 valence electrons. The molecule has 0 fully saturated rings. The van der Waals surface area contributed by atoms with Crippen LogP contribution in [-0.2, 0) is 4.79 Å². The molecule has 0 bridgehead atoms. The Bertz CT molecular complexity index is 1130. The third-order valence-corrected chi connectivity index (χ3v) is 6.39. The second kappa shape index (κ2) is 11.6. The normalized spacial score (nSPS) is 10.6. The molecule has 0 unspecified atom stereocenters. The molecular formula is C26H26BrClN2OS. The number of carbonyl (C=O) groups is 1. The Balaban J connectivity index is 1.79. The lowest BCUT2D eigenvalue weighted by atomic mass is 10.00. The average molecular weight is 530 g/mol. The number of carbonyl (C=O) groups excluding carboxylic acids is 1. The number of thiocarbonyl (C=S) groups is 1. The first-order valence-corrected chi connectivity index (χ1v) is 12.2. The third kappa shape index (κ3) is 6.41. The number of hydrogen-bond donors (Lipinski definition) is 2. The van der Waals surface area contributed by atoms with Gasteiger partial charge >= 0.3 is 0 Å². The van der Waals surface area contributed by atoms with E-state index in [1.165, 1.54) is 0 Å². The van der Waals surface area contributed by atoms with Crippen molar-refractivity contribution >= 4 is 67.6 Å². The molecule has 0 saturated heterocycles. The van der Waals surface area contributed by atoms with E-state index in [-0.39, 0.29) is 5.91 Å². The highest BCUT2D eigenvalue weighted by Crippen LogP contribution is 2.32. The molecule has 0 spiro atoms. The van der Waals surface area contributed by atoms with Crippen molar-refractivity contribution < 1.29 is 4.79 Å². The van der Waals surface area contributed by atoms with Gasteiger partial charge < -0.3 is 10.6 Å². The molecule has 0 heterocycles. The number of amides is 1. The Morgan fingerprint density at radius 3 is 2.50 bits per heavy atom. The molecule has 0 aliphatic rings. The summed E-state index contributed by atoms with van der Waals surface area (Å²) in [6.07, 6.45) is 3.53. The van der Waals surface area contributed by atoms with Crippen LogP contribution in [0.3, 0.4) is 0 Å². The SMILES string of the molecule is CCCCCC(=O)Nc1cc(Br)ccc1Nc1ccc(C(=S)c2ccccc2C)c(Cl)c1. The zero-order chi connectivity index (χ0) is 23.1. The number of unbranched alkanes of at least 4 members (excludes halogenated alkanes) is 2. The second-order valence-corrected chi connectivity index (χ2v) is 9.39. The highest BCUT2D eigenvalue weighted by Gasteiger charge is 2.13. The van der Waals surface area contributed by atoms with Gasteiger partial charge in [0, 0.05) is 22.1 Å². The van der Waals surface area contributed by atoms with Crippen molar-refractivity contribution in [3.63, 3.8) is 0 Å². The maximum Gasteiger partial charge on any atom is 0.224 e. The quantitative estimate of drug-likeness (QED) is 0.166. The minimum Gasteiger partial charge on any atom is -0.354 e. The van der Waals surface area contributed by atoms with Crippen LogP contribution in [0, 0.1) is 6.92 Å². The van der Waals surface area contributed by atoms with Crippen LogP contribution < -0.4 is 10.6 Å². The lowest BCUT2D eigenvalue weighted by Crippen LogP contribution is -2.12. The van der Waals surface area contributed by atoms with Crippen LogP contribution >= 0.6 is 39.7 Å². The molecule has 0 radical (unpaired) electrons. The highest BCUT2D eigenvalue weighted by atomic mass is 79.9. The van der Waals surface area contributed by atoms with Crippen LogP contribution in [0.1, 0.15) is 49.3 Å². The molecule has 0 saturated carbocycles. The number of rotatable bonds is 9. The van der Waals surface area contributed by atoms with Gasteiger partial charge in [0.2, 0.25) is 5.91 Å². The Morgan fingerprint density at radius 2 is 1.78 bits per heavy atom. The summed E-state index contributed by atoms with van der Waals surface area (Å²) in [4.78, 5) is 13.1. The number of anilines is 3. The zero-order valence-corrected chi connectivity index (χ0v) is 21.3. The summed E-state index contributed by atoms with van der Waals surface area (Å²) in [5, 5.41) is 6.96. The smallest absolute Gasteiger partial charge is 0.224 e. The van der Waals surface area contributed by atoms with Gasteiger partial charge in [-0.05, 0) is 60.9 Å². The maximum atomic E-state index is 12.3. The van der Waals surface area contributed by atoms with Gasteiger partial charge in [0.15, 0.2) is 0 Å². The van der Waals surface area contributed by atoms with Crippen LogP contribution in [0.4, 0.5) is 17.1 Å². The number of hydrogen-bond acceptors (Lipinski definition) is 3. The predicted octanol–water partition coefficient (Wildman–Crippen LogP) is 8.44. The standard InChI is InChI=1S/C26H26BrClN2OS/c1-3-4-5-10-25(31)30-24-15-18(27)11-14-23(24)29-19-12-13-21(22(28)16-19)26(32)20-9-7-6-8-17(20)2/h6-9,11-16,29H,3-5,10H2,1-2H3,(H,30,31). The molecule has 3 aromatic carbocycles. The fourth-order valence-electron chi connectivity index (χ4n) is 3.38. The lowest BCUT2D eigenvalue weighted by molar-refractivity contribution is -0.116. The zero-order valence-electron chi connectivity index (χ0n) is 18.2. The molecular weight excluding hydrogens is 504 g/mol. The fraction of sp³-hybridized carbons (Fsp3) is 0.231. The van der Waals surface area contributed by atoms with Crippen LogP contribution in [0.25, 0.3) is 0 Å². The Kier molecular flexibility index (Phi) is 8.85. The van der Waals surface area contributed by atoms with Crippen molar-refractivity contribution in [1.29, 1.82) is 0 Å². The second-order valence-electron chi connectivity index (χ2n) is 7.66. The molecule has 3 aromatic rings. The number of halogens is 2. The maximum absolute atomic E-state index is 12.3.